The van der Waals surface area contributed by atoms with Crippen molar-refractivity contribution in [1.29, 1.82) is 0 Å². The summed E-state index contributed by atoms with van der Waals surface area (Å²) in [6.07, 6.45) is 1.07. The standard InChI is InChI=1S/C19H25N/c1-14-9-11-18(12-10-14)17(4)20-16(3)13-19-8-6-5-7-15(19)2/h5-12,16-17,20H,13H2,1-4H3. The zero-order chi connectivity index (χ0) is 14.5. The monoisotopic (exact) mass is 267 g/mol. The van der Waals surface area contributed by atoms with Crippen LogP contribution in [0.3, 0.4) is 0 Å². The number of aryl methyl sites for hydroxylation is 2. The first kappa shape index (κ1) is 14.8. The molecule has 106 valence electrons. The lowest BCUT2D eigenvalue weighted by atomic mass is 10.0. The van der Waals surface area contributed by atoms with E-state index >= 15 is 0 Å². The molecule has 20 heavy (non-hydrogen) atoms. The molecule has 0 spiro atoms. The second kappa shape index (κ2) is 6.71. The van der Waals surface area contributed by atoms with Gasteiger partial charge in [-0.15, -0.1) is 0 Å². The van der Waals surface area contributed by atoms with Gasteiger partial charge in [0.1, 0.15) is 0 Å². The van der Waals surface area contributed by atoms with Crippen molar-refractivity contribution in [3.05, 3.63) is 70.8 Å². The van der Waals surface area contributed by atoms with Gasteiger partial charge in [-0.3, -0.25) is 0 Å². The maximum atomic E-state index is 3.69. The Balaban J connectivity index is 1.96. The van der Waals surface area contributed by atoms with Gasteiger partial charge in [-0.05, 0) is 50.8 Å². The third kappa shape index (κ3) is 3.94. The summed E-state index contributed by atoms with van der Waals surface area (Å²) in [6.45, 7) is 8.81. The van der Waals surface area contributed by atoms with Gasteiger partial charge < -0.3 is 5.32 Å². The summed E-state index contributed by atoms with van der Waals surface area (Å²) in [7, 11) is 0. The van der Waals surface area contributed by atoms with E-state index in [1.807, 2.05) is 0 Å². The number of hydrogen-bond donors (Lipinski definition) is 1. The molecule has 2 unspecified atom stereocenters. The van der Waals surface area contributed by atoms with Gasteiger partial charge in [0.25, 0.3) is 0 Å². The van der Waals surface area contributed by atoms with Crippen LogP contribution in [0.15, 0.2) is 48.5 Å². The van der Waals surface area contributed by atoms with Gasteiger partial charge in [0.05, 0.1) is 0 Å². The smallest absolute Gasteiger partial charge is 0.0294 e. The van der Waals surface area contributed by atoms with Crippen LogP contribution in [0.4, 0.5) is 0 Å². The van der Waals surface area contributed by atoms with Crippen LogP contribution in [0.5, 0.6) is 0 Å². The third-order valence-corrected chi connectivity index (χ3v) is 3.90. The quantitative estimate of drug-likeness (QED) is 0.835. The fraction of sp³-hybridized carbons (Fsp3) is 0.368. The van der Waals surface area contributed by atoms with Crippen molar-refractivity contribution in [3.8, 4) is 0 Å². The lowest BCUT2D eigenvalue weighted by Crippen LogP contribution is -2.30. The molecule has 0 saturated carbocycles. The highest BCUT2D eigenvalue weighted by Gasteiger charge is 2.10. The largest absolute Gasteiger partial charge is 0.307 e. The Morgan fingerprint density at radius 1 is 0.900 bits per heavy atom. The molecule has 0 aromatic heterocycles. The Labute approximate surface area is 123 Å². The normalized spacial score (nSPS) is 14.0. The van der Waals surface area contributed by atoms with Crippen molar-refractivity contribution >= 4 is 0 Å². The van der Waals surface area contributed by atoms with E-state index in [0.29, 0.717) is 12.1 Å². The topological polar surface area (TPSA) is 12.0 Å². The Kier molecular flexibility index (Phi) is 4.97. The van der Waals surface area contributed by atoms with E-state index in [2.05, 4.69) is 81.5 Å². The molecule has 1 nitrogen and oxygen atoms in total. The molecule has 0 fully saturated rings. The summed E-state index contributed by atoms with van der Waals surface area (Å²) in [4.78, 5) is 0. The van der Waals surface area contributed by atoms with Crippen molar-refractivity contribution in [3.63, 3.8) is 0 Å². The third-order valence-electron chi connectivity index (χ3n) is 3.90. The number of rotatable bonds is 5. The Morgan fingerprint density at radius 3 is 2.20 bits per heavy atom. The molecule has 1 heteroatoms. The van der Waals surface area contributed by atoms with Crippen molar-refractivity contribution in [2.24, 2.45) is 0 Å². The van der Waals surface area contributed by atoms with Crippen LogP contribution in [-0.2, 0) is 6.42 Å². The maximum absolute atomic E-state index is 3.69. The Morgan fingerprint density at radius 2 is 1.55 bits per heavy atom. The average Bonchev–Trinajstić information content (AvgIpc) is 2.42. The molecule has 0 amide bonds. The highest BCUT2D eigenvalue weighted by atomic mass is 14.9. The highest BCUT2D eigenvalue weighted by Crippen LogP contribution is 2.16. The molecular formula is C19H25N. The van der Waals surface area contributed by atoms with Crippen LogP contribution in [0.1, 0.15) is 42.1 Å². The zero-order valence-corrected chi connectivity index (χ0v) is 13.0. The zero-order valence-electron chi connectivity index (χ0n) is 13.0. The summed E-state index contributed by atoms with van der Waals surface area (Å²) in [5.41, 5.74) is 5.48. The van der Waals surface area contributed by atoms with E-state index in [4.69, 9.17) is 0 Å². The molecule has 0 radical (unpaired) electrons. The van der Waals surface area contributed by atoms with Crippen LogP contribution in [0.25, 0.3) is 0 Å². The van der Waals surface area contributed by atoms with Crippen LogP contribution >= 0.6 is 0 Å². The Bertz CT molecular complexity index is 542. The number of hydrogen-bond acceptors (Lipinski definition) is 1. The van der Waals surface area contributed by atoms with Crippen LogP contribution in [0.2, 0.25) is 0 Å². The van der Waals surface area contributed by atoms with Gasteiger partial charge >= 0.3 is 0 Å². The van der Waals surface area contributed by atoms with E-state index < -0.39 is 0 Å². The first-order valence-corrected chi connectivity index (χ1v) is 7.43. The molecule has 2 rings (SSSR count). The van der Waals surface area contributed by atoms with E-state index in [-0.39, 0.29) is 0 Å². The predicted octanol–water partition coefficient (Wildman–Crippen LogP) is 4.59. The molecule has 2 atom stereocenters. The molecule has 0 aliphatic rings. The molecular weight excluding hydrogens is 242 g/mol. The minimum Gasteiger partial charge on any atom is -0.307 e. The van der Waals surface area contributed by atoms with Gasteiger partial charge in [0.15, 0.2) is 0 Å². The second-order valence-corrected chi connectivity index (χ2v) is 5.83. The highest BCUT2D eigenvalue weighted by molar-refractivity contribution is 5.27. The van der Waals surface area contributed by atoms with Crippen LogP contribution in [-0.4, -0.2) is 6.04 Å². The molecule has 0 saturated heterocycles. The van der Waals surface area contributed by atoms with Crippen molar-refractivity contribution in [1.82, 2.24) is 5.32 Å². The first-order chi connectivity index (χ1) is 9.56. The molecule has 0 aliphatic carbocycles. The van der Waals surface area contributed by atoms with E-state index in [9.17, 15) is 0 Å². The minimum atomic E-state index is 0.384. The summed E-state index contributed by atoms with van der Waals surface area (Å²) in [5, 5.41) is 3.69. The van der Waals surface area contributed by atoms with Gasteiger partial charge in [-0.2, -0.15) is 0 Å². The lowest BCUT2D eigenvalue weighted by Gasteiger charge is -2.21. The van der Waals surface area contributed by atoms with E-state index in [1.54, 1.807) is 0 Å². The number of benzene rings is 2. The van der Waals surface area contributed by atoms with E-state index in [1.165, 1.54) is 22.3 Å². The van der Waals surface area contributed by atoms with Crippen molar-refractivity contribution in [2.45, 2.75) is 46.2 Å². The maximum Gasteiger partial charge on any atom is 0.0294 e. The van der Waals surface area contributed by atoms with Gasteiger partial charge in [0.2, 0.25) is 0 Å². The predicted molar refractivity (Wildman–Crippen MR) is 87.1 cm³/mol. The minimum absolute atomic E-state index is 0.384. The molecule has 0 bridgehead atoms. The summed E-state index contributed by atoms with van der Waals surface area (Å²) in [5.74, 6) is 0. The molecule has 0 heterocycles. The summed E-state index contributed by atoms with van der Waals surface area (Å²) in [6, 6.07) is 18.3. The number of nitrogens with one attached hydrogen (secondary N) is 1. The van der Waals surface area contributed by atoms with Crippen LogP contribution in [0, 0.1) is 13.8 Å². The lowest BCUT2D eigenvalue weighted by molar-refractivity contribution is 0.476. The fourth-order valence-corrected chi connectivity index (χ4v) is 2.61. The van der Waals surface area contributed by atoms with Crippen molar-refractivity contribution in [2.75, 3.05) is 0 Å². The van der Waals surface area contributed by atoms with Gasteiger partial charge in [0, 0.05) is 12.1 Å². The average molecular weight is 267 g/mol. The summed E-state index contributed by atoms with van der Waals surface area (Å²) < 4.78 is 0. The molecule has 2 aromatic rings. The summed E-state index contributed by atoms with van der Waals surface area (Å²) >= 11 is 0. The molecule has 0 aliphatic heterocycles. The molecule has 1 N–H and O–H groups in total. The second-order valence-electron chi connectivity index (χ2n) is 5.83. The van der Waals surface area contributed by atoms with Gasteiger partial charge in [-0.1, -0.05) is 54.1 Å². The van der Waals surface area contributed by atoms with Gasteiger partial charge in [-0.25, -0.2) is 0 Å². The van der Waals surface area contributed by atoms with Crippen LogP contribution < -0.4 is 5.32 Å². The van der Waals surface area contributed by atoms with E-state index in [0.717, 1.165) is 6.42 Å². The first-order valence-electron chi connectivity index (χ1n) is 7.43. The van der Waals surface area contributed by atoms with Crippen molar-refractivity contribution < 1.29 is 0 Å². The Hall–Kier alpha value is -1.60. The SMILES string of the molecule is Cc1ccc(C(C)NC(C)Cc2ccccc2C)cc1. The fourth-order valence-electron chi connectivity index (χ4n) is 2.61. The molecule has 2 aromatic carbocycles.